The molecule has 0 spiro atoms. The molecule has 0 amide bonds. The van der Waals surface area contributed by atoms with Gasteiger partial charge in [-0.05, 0) is 30.5 Å². The first-order chi connectivity index (χ1) is 7.69. The lowest BCUT2D eigenvalue weighted by atomic mass is 9.91. The Morgan fingerprint density at radius 2 is 1.81 bits per heavy atom. The third-order valence-corrected chi connectivity index (χ3v) is 3.03. The summed E-state index contributed by atoms with van der Waals surface area (Å²) in [6.07, 6.45) is 4.77. The average molecular weight is 225 g/mol. The van der Waals surface area contributed by atoms with Gasteiger partial charge in [0.15, 0.2) is 0 Å². The summed E-state index contributed by atoms with van der Waals surface area (Å²) in [5.74, 6) is -0.545. The highest BCUT2D eigenvalue weighted by Gasteiger charge is 2.14. The van der Waals surface area contributed by atoms with E-state index in [-0.39, 0.29) is 5.56 Å². The second-order valence-electron chi connectivity index (χ2n) is 4.25. The van der Waals surface area contributed by atoms with E-state index in [1.165, 1.54) is 12.1 Å². The Bertz CT molecular complexity index is 300. The lowest BCUT2D eigenvalue weighted by Gasteiger charge is -2.15. The minimum absolute atomic E-state index is 0.224. The van der Waals surface area contributed by atoms with Gasteiger partial charge < -0.3 is 0 Å². The lowest BCUT2D eigenvalue weighted by molar-refractivity contribution is 0.428. The summed E-state index contributed by atoms with van der Waals surface area (Å²) in [6, 6.07) is 4.88. The first kappa shape index (κ1) is 13.1. The van der Waals surface area contributed by atoms with Gasteiger partial charge in [-0.25, -0.2) is 8.78 Å². The second-order valence-corrected chi connectivity index (χ2v) is 4.25. The van der Waals surface area contributed by atoms with Crippen LogP contribution < -0.4 is 0 Å². The van der Waals surface area contributed by atoms with Gasteiger partial charge in [0.05, 0.1) is 0 Å². The van der Waals surface area contributed by atoms with Gasteiger partial charge in [0, 0.05) is 5.56 Å². The van der Waals surface area contributed by atoms with Crippen molar-refractivity contribution >= 4 is 0 Å². The van der Waals surface area contributed by atoms with Crippen LogP contribution in [0, 0.1) is 23.6 Å². The molecule has 0 aliphatic heterocycles. The van der Waals surface area contributed by atoms with Crippen LogP contribution in [0.2, 0.25) is 0 Å². The van der Waals surface area contributed by atoms with Crippen molar-refractivity contribution in [1.29, 1.82) is 0 Å². The summed E-state index contributed by atoms with van der Waals surface area (Å²) in [5, 5.41) is 0. The monoisotopic (exact) mass is 225 g/mol. The van der Waals surface area contributed by atoms with Gasteiger partial charge in [0.1, 0.15) is 11.6 Å². The first-order valence-electron chi connectivity index (χ1n) is 6.03. The van der Waals surface area contributed by atoms with Crippen LogP contribution in [-0.4, -0.2) is 0 Å². The van der Waals surface area contributed by atoms with Gasteiger partial charge in [-0.2, -0.15) is 0 Å². The summed E-state index contributed by atoms with van der Waals surface area (Å²) in [5.41, 5.74) is 0.224. The molecule has 1 unspecified atom stereocenters. The van der Waals surface area contributed by atoms with Crippen molar-refractivity contribution in [2.75, 3.05) is 0 Å². The zero-order valence-corrected chi connectivity index (χ0v) is 10.0. The van der Waals surface area contributed by atoms with Gasteiger partial charge in [-0.3, -0.25) is 0 Å². The molecule has 1 aromatic carbocycles. The van der Waals surface area contributed by atoms with Gasteiger partial charge in [0.25, 0.3) is 0 Å². The molecule has 0 nitrogen and oxygen atoms in total. The fourth-order valence-corrected chi connectivity index (χ4v) is 1.90. The van der Waals surface area contributed by atoms with Crippen LogP contribution in [0.3, 0.4) is 0 Å². The zero-order chi connectivity index (χ0) is 12.0. The van der Waals surface area contributed by atoms with E-state index in [1.54, 1.807) is 0 Å². The van der Waals surface area contributed by atoms with Crippen LogP contribution >= 0.6 is 0 Å². The second kappa shape index (κ2) is 6.62. The zero-order valence-electron chi connectivity index (χ0n) is 10.0. The van der Waals surface area contributed by atoms with Crippen molar-refractivity contribution in [3.63, 3.8) is 0 Å². The summed E-state index contributed by atoms with van der Waals surface area (Å²) in [6.45, 7) is 4.20. The van der Waals surface area contributed by atoms with Crippen molar-refractivity contribution in [3.05, 3.63) is 35.4 Å². The molecule has 0 aliphatic rings. The molecule has 0 aliphatic carbocycles. The van der Waals surface area contributed by atoms with Gasteiger partial charge in [-0.1, -0.05) is 39.5 Å². The van der Waals surface area contributed by atoms with Crippen LogP contribution in [0.1, 0.15) is 45.1 Å². The fourth-order valence-electron chi connectivity index (χ4n) is 1.90. The van der Waals surface area contributed by atoms with Gasteiger partial charge >= 0.3 is 0 Å². The predicted molar refractivity (Wildman–Crippen MR) is 62.2 cm³/mol. The van der Waals surface area contributed by atoms with Crippen LogP contribution in [0.5, 0.6) is 0 Å². The maximum Gasteiger partial charge on any atom is 0.129 e. The SMILES string of the molecule is CCCCC(CC)Cc1c(F)c[c]cc1F. The third kappa shape index (κ3) is 3.58. The molecule has 0 saturated carbocycles. The standard InChI is InChI=1S/C14H19F2/c1-3-5-7-11(4-2)10-12-13(15)8-6-9-14(12)16/h8-9,11H,3-5,7,10H2,1-2H3. The Kier molecular flexibility index (Phi) is 5.44. The molecule has 0 heterocycles. The van der Waals surface area contributed by atoms with E-state index < -0.39 is 11.6 Å². The molecular formula is C14H19F2. The maximum atomic E-state index is 13.4. The van der Waals surface area contributed by atoms with E-state index >= 15 is 0 Å². The third-order valence-electron chi connectivity index (χ3n) is 3.03. The molecule has 0 bridgehead atoms. The van der Waals surface area contributed by atoms with E-state index in [1.807, 2.05) is 0 Å². The number of unbranched alkanes of at least 4 members (excludes halogenated alkanes) is 1. The number of hydrogen-bond donors (Lipinski definition) is 0. The molecule has 1 radical (unpaired) electrons. The molecule has 89 valence electrons. The van der Waals surface area contributed by atoms with E-state index in [0.29, 0.717) is 12.3 Å². The van der Waals surface area contributed by atoms with E-state index in [0.717, 1.165) is 25.7 Å². The average Bonchev–Trinajstić information content (AvgIpc) is 2.28. The van der Waals surface area contributed by atoms with Crippen LogP contribution in [0.25, 0.3) is 0 Å². The smallest absolute Gasteiger partial charge is 0.129 e. The minimum Gasteiger partial charge on any atom is -0.207 e. The molecule has 0 fully saturated rings. The van der Waals surface area contributed by atoms with Crippen LogP contribution in [-0.2, 0) is 6.42 Å². The highest BCUT2D eigenvalue weighted by molar-refractivity contribution is 5.19. The van der Waals surface area contributed by atoms with Crippen LogP contribution in [0.4, 0.5) is 8.78 Å². The Morgan fingerprint density at radius 3 is 2.31 bits per heavy atom. The van der Waals surface area contributed by atoms with Crippen molar-refractivity contribution in [2.24, 2.45) is 5.92 Å². The van der Waals surface area contributed by atoms with E-state index in [9.17, 15) is 8.78 Å². The molecular weight excluding hydrogens is 206 g/mol. The van der Waals surface area contributed by atoms with Gasteiger partial charge in [-0.15, -0.1) is 0 Å². The van der Waals surface area contributed by atoms with E-state index in [2.05, 4.69) is 19.9 Å². The molecule has 1 atom stereocenters. The molecule has 0 saturated heterocycles. The Labute approximate surface area is 96.7 Å². The largest absolute Gasteiger partial charge is 0.207 e. The Balaban J connectivity index is 2.69. The minimum atomic E-state index is -0.463. The maximum absolute atomic E-state index is 13.4. The van der Waals surface area contributed by atoms with Crippen molar-refractivity contribution in [2.45, 2.75) is 46.0 Å². The normalized spacial score (nSPS) is 12.8. The Morgan fingerprint density at radius 1 is 1.19 bits per heavy atom. The highest BCUT2D eigenvalue weighted by atomic mass is 19.1. The topological polar surface area (TPSA) is 0 Å². The summed E-state index contributed by atoms with van der Waals surface area (Å²) in [7, 11) is 0. The number of benzene rings is 1. The summed E-state index contributed by atoms with van der Waals surface area (Å²) >= 11 is 0. The molecule has 2 heteroatoms. The fraction of sp³-hybridized carbons (Fsp3) is 0.571. The van der Waals surface area contributed by atoms with Crippen molar-refractivity contribution < 1.29 is 8.78 Å². The van der Waals surface area contributed by atoms with Crippen molar-refractivity contribution in [1.82, 2.24) is 0 Å². The number of rotatable bonds is 6. The number of halogens is 2. The first-order valence-corrected chi connectivity index (χ1v) is 6.03. The van der Waals surface area contributed by atoms with E-state index in [4.69, 9.17) is 0 Å². The van der Waals surface area contributed by atoms with Crippen LogP contribution in [0.15, 0.2) is 12.1 Å². The summed E-state index contributed by atoms with van der Waals surface area (Å²) in [4.78, 5) is 0. The highest BCUT2D eigenvalue weighted by Crippen LogP contribution is 2.22. The van der Waals surface area contributed by atoms with Crippen molar-refractivity contribution in [3.8, 4) is 0 Å². The Hall–Kier alpha value is -0.920. The molecule has 16 heavy (non-hydrogen) atoms. The molecule has 0 aromatic heterocycles. The quantitative estimate of drug-likeness (QED) is 0.667. The molecule has 1 aromatic rings. The number of hydrogen-bond acceptors (Lipinski definition) is 0. The predicted octanol–water partition coefficient (Wildman–Crippen LogP) is 4.52. The van der Waals surface area contributed by atoms with Gasteiger partial charge in [0.2, 0.25) is 0 Å². The molecule has 1 rings (SSSR count). The summed E-state index contributed by atoms with van der Waals surface area (Å²) < 4.78 is 26.8. The molecule has 0 N–H and O–H groups in total. The lowest BCUT2D eigenvalue weighted by Crippen LogP contribution is -2.07.